The van der Waals surface area contributed by atoms with Crippen LogP contribution >= 0.6 is 11.6 Å². The SMILES string of the molecule is Cc1nc(Nc2ccccc2C#N)cc(C(=O)Nc2cc(Cl)ccc2C)n1. The molecule has 0 aliphatic carbocycles. The molecule has 1 aromatic heterocycles. The van der Waals surface area contributed by atoms with Gasteiger partial charge in [0.15, 0.2) is 0 Å². The van der Waals surface area contributed by atoms with Crippen molar-refractivity contribution in [3.05, 3.63) is 76.2 Å². The number of carbonyl (C=O) groups excluding carboxylic acids is 1. The highest BCUT2D eigenvalue weighted by atomic mass is 35.5. The van der Waals surface area contributed by atoms with Crippen molar-refractivity contribution in [2.45, 2.75) is 13.8 Å². The highest BCUT2D eigenvalue weighted by Crippen LogP contribution is 2.22. The van der Waals surface area contributed by atoms with Gasteiger partial charge in [0.1, 0.15) is 23.4 Å². The van der Waals surface area contributed by atoms with Crippen molar-refractivity contribution in [3.63, 3.8) is 0 Å². The van der Waals surface area contributed by atoms with Crippen LogP contribution < -0.4 is 10.6 Å². The van der Waals surface area contributed by atoms with Crippen LogP contribution in [0.2, 0.25) is 5.02 Å². The Hall–Kier alpha value is -3.43. The van der Waals surface area contributed by atoms with E-state index in [1.807, 2.05) is 19.1 Å². The maximum absolute atomic E-state index is 12.6. The first-order valence-electron chi connectivity index (χ1n) is 8.15. The summed E-state index contributed by atoms with van der Waals surface area (Å²) >= 11 is 6.00. The van der Waals surface area contributed by atoms with Crippen LogP contribution in [0.1, 0.15) is 27.4 Å². The molecule has 7 heteroatoms. The largest absolute Gasteiger partial charge is 0.339 e. The number of aromatic nitrogens is 2. The summed E-state index contributed by atoms with van der Waals surface area (Å²) < 4.78 is 0. The molecule has 0 unspecified atom stereocenters. The van der Waals surface area contributed by atoms with Crippen molar-refractivity contribution in [2.24, 2.45) is 0 Å². The number of aryl methyl sites for hydroxylation is 2. The number of nitrogens with one attached hydrogen (secondary N) is 2. The minimum atomic E-state index is -0.373. The molecule has 3 rings (SSSR count). The van der Waals surface area contributed by atoms with E-state index < -0.39 is 0 Å². The van der Waals surface area contributed by atoms with Gasteiger partial charge in [0.2, 0.25) is 0 Å². The van der Waals surface area contributed by atoms with Crippen molar-refractivity contribution < 1.29 is 4.79 Å². The molecule has 0 spiro atoms. The maximum atomic E-state index is 12.6. The van der Waals surface area contributed by atoms with Crippen LogP contribution in [0, 0.1) is 25.2 Å². The zero-order valence-electron chi connectivity index (χ0n) is 14.7. The Balaban J connectivity index is 1.88. The van der Waals surface area contributed by atoms with Gasteiger partial charge in [-0.25, -0.2) is 9.97 Å². The topological polar surface area (TPSA) is 90.7 Å². The fraction of sp³-hybridized carbons (Fsp3) is 0.100. The molecule has 0 radical (unpaired) electrons. The van der Waals surface area contributed by atoms with Crippen molar-refractivity contribution >= 4 is 34.7 Å². The number of carbonyl (C=O) groups is 1. The fourth-order valence-corrected chi connectivity index (χ4v) is 2.66. The number of para-hydroxylation sites is 1. The second-order valence-electron chi connectivity index (χ2n) is 5.88. The summed E-state index contributed by atoms with van der Waals surface area (Å²) in [4.78, 5) is 21.1. The molecule has 0 bridgehead atoms. The number of nitrogens with zero attached hydrogens (tertiary/aromatic N) is 3. The lowest BCUT2D eigenvalue weighted by Crippen LogP contribution is -2.16. The second kappa shape index (κ2) is 7.85. The highest BCUT2D eigenvalue weighted by Gasteiger charge is 2.13. The molecule has 0 fully saturated rings. The Bertz CT molecular complexity index is 1060. The number of halogens is 1. The average molecular weight is 378 g/mol. The molecule has 1 amide bonds. The molecule has 0 aliphatic heterocycles. The number of benzene rings is 2. The predicted octanol–water partition coefficient (Wildman–Crippen LogP) is 4.61. The van der Waals surface area contributed by atoms with E-state index in [1.165, 1.54) is 6.07 Å². The molecule has 2 N–H and O–H groups in total. The normalized spacial score (nSPS) is 10.1. The van der Waals surface area contributed by atoms with Crippen LogP contribution in [-0.2, 0) is 0 Å². The number of rotatable bonds is 4. The molecule has 0 aliphatic rings. The minimum absolute atomic E-state index is 0.207. The lowest BCUT2D eigenvalue weighted by molar-refractivity contribution is 0.102. The molecule has 3 aromatic rings. The molecular weight excluding hydrogens is 362 g/mol. The third-order valence-electron chi connectivity index (χ3n) is 3.83. The standard InChI is InChI=1S/C20H16ClN5O/c1-12-7-8-15(21)9-17(12)26-20(27)18-10-19(24-13(2)23-18)25-16-6-4-3-5-14(16)11-22/h3-10H,1-2H3,(H,26,27)(H,23,24,25). The van der Waals surface area contributed by atoms with Crippen LogP contribution in [0.4, 0.5) is 17.2 Å². The molecule has 134 valence electrons. The third-order valence-corrected chi connectivity index (χ3v) is 4.06. The number of nitriles is 1. The molecule has 0 atom stereocenters. The smallest absolute Gasteiger partial charge is 0.274 e. The zero-order chi connectivity index (χ0) is 19.4. The van der Waals surface area contributed by atoms with Crippen molar-refractivity contribution in [2.75, 3.05) is 10.6 Å². The molecule has 6 nitrogen and oxygen atoms in total. The number of hydrogen-bond donors (Lipinski definition) is 2. The van der Waals surface area contributed by atoms with Gasteiger partial charge in [0.25, 0.3) is 5.91 Å². The van der Waals surface area contributed by atoms with E-state index in [-0.39, 0.29) is 11.6 Å². The third kappa shape index (κ3) is 4.40. The first-order valence-corrected chi connectivity index (χ1v) is 8.53. The van der Waals surface area contributed by atoms with E-state index in [2.05, 4.69) is 26.7 Å². The van der Waals surface area contributed by atoms with Gasteiger partial charge in [-0.1, -0.05) is 29.8 Å². The number of amides is 1. The molecular formula is C20H16ClN5O. The van der Waals surface area contributed by atoms with Gasteiger partial charge in [-0.2, -0.15) is 5.26 Å². The van der Waals surface area contributed by atoms with Crippen LogP contribution in [0.5, 0.6) is 0 Å². The Morgan fingerprint density at radius 2 is 1.85 bits per heavy atom. The van der Waals surface area contributed by atoms with Gasteiger partial charge in [0, 0.05) is 16.8 Å². The van der Waals surface area contributed by atoms with E-state index in [1.54, 1.807) is 37.3 Å². The van der Waals surface area contributed by atoms with Gasteiger partial charge in [0.05, 0.1) is 11.3 Å². The van der Waals surface area contributed by atoms with Gasteiger partial charge >= 0.3 is 0 Å². The summed E-state index contributed by atoms with van der Waals surface area (Å²) in [5, 5.41) is 15.6. The monoisotopic (exact) mass is 377 g/mol. The highest BCUT2D eigenvalue weighted by molar-refractivity contribution is 6.31. The van der Waals surface area contributed by atoms with E-state index in [9.17, 15) is 10.1 Å². The Kier molecular flexibility index (Phi) is 5.34. The number of hydrogen-bond acceptors (Lipinski definition) is 5. The van der Waals surface area contributed by atoms with E-state index in [0.29, 0.717) is 33.6 Å². The summed E-state index contributed by atoms with van der Waals surface area (Å²) in [6.07, 6.45) is 0. The van der Waals surface area contributed by atoms with Crippen LogP contribution in [-0.4, -0.2) is 15.9 Å². The molecule has 1 heterocycles. The van der Waals surface area contributed by atoms with E-state index in [0.717, 1.165) is 5.56 Å². The summed E-state index contributed by atoms with van der Waals surface area (Å²) in [5.74, 6) is 0.489. The van der Waals surface area contributed by atoms with Crippen LogP contribution in [0.3, 0.4) is 0 Å². The summed E-state index contributed by atoms with van der Waals surface area (Å²) in [5.41, 5.74) is 2.80. The van der Waals surface area contributed by atoms with E-state index >= 15 is 0 Å². The van der Waals surface area contributed by atoms with Gasteiger partial charge in [-0.3, -0.25) is 4.79 Å². The summed E-state index contributed by atoms with van der Waals surface area (Å²) in [7, 11) is 0. The van der Waals surface area contributed by atoms with Gasteiger partial charge in [-0.05, 0) is 43.7 Å². The van der Waals surface area contributed by atoms with Crippen molar-refractivity contribution in [1.82, 2.24) is 9.97 Å². The first kappa shape index (κ1) is 18.4. The van der Waals surface area contributed by atoms with Crippen LogP contribution in [0.15, 0.2) is 48.5 Å². The van der Waals surface area contributed by atoms with Gasteiger partial charge in [-0.15, -0.1) is 0 Å². The molecule has 0 saturated carbocycles. The lowest BCUT2D eigenvalue weighted by atomic mass is 10.2. The fourth-order valence-electron chi connectivity index (χ4n) is 2.49. The van der Waals surface area contributed by atoms with Gasteiger partial charge < -0.3 is 10.6 Å². The number of anilines is 3. The molecule has 0 saturated heterocycles. The average Bonchev–Trinajstić information content (AvgIpc) is 2.64. The first-order chi connectivity index (χ1) is 13.0. The quantitative estimate of drug-likeness (QED) is 0.692. The summed E-state index contributed by atoms with van der Waals surface area (Å²) in [6.45, 7) is 3.58. The van der Waals surface area contributed by atoms with Crippen molar-refractivity contribution in [3.8, 4) is 6.07 Å². The van der Waals surface area contributed by atoms with Crippen LogP contribution in [0.25, 0.3) is 0 Å². The Morgan fingerprint density at radius 1 is 1.07 bits per heavy atom. The molecule has 2 aromatic carbocycles. The lowest BCUT2D eigenvalue weighted by Gasteiger charge is -2.11. The summed E-state index contributed by atoms with van der Waals surface area (Å²) in [6, 6.07) is 16.0. The van der Waals surface area contributed by atoms with Crippen molar-refractivity contribution in [1.29, 1.82) is 5.26 Å². The Morgan fingerprint density at radius 3 is 2.63 bits per heavy atom. The second-order valence-corrected chi connectivity index (χ2v) is 6.32. The zero-order valence-corrected chi connectivity index (χ0v) is 15.5. The van der Waals surface area contributed by atoms with E-state index in [4.69, 9.17) is 11.6 Å². The molecule has 27 heavy (non-hydrogen) atoms. The minimum Gasteiger partial charge on any atom is -0.339 e. The predicted molar refractivity (Wildman–Crippen MR) is 105 cm³/mol. The Labute approximate surface area is 161 Å². The maximum Gasteiger partial charge on any atom is 0.274 e.